The molecule has 0 unspecified atom stereocenters. The monoisotopic (exact) mass is 231 g/mol. The first kappa shape index (κ1) is 11.5. The first-order valence-corrected chi connectivity index (χ1v) is 5.62. The van der Waals surface area contributed by atoms with Crippen LogP contribution in [0, 0.1) is 0 Å². The molecule has 0 aliphatic heterocycles. The van der Waals surface area contributed by atoms with Crippen LogP contribution in [0.2, 0.25) is 0 Å². The van der Waals surface area contributed by atoms with Gasteiger partial charge >= 0.3 is 0 Å². The molecule has 4 heteroatoms. The lowest BCUT2D eigenvalue weighted by Crippen LogP contribution is -1.97. The third-order valence-corrected chi connectivity index (χ3v) is 2.85. The molecule has 1 aromatic carbocycles. The number of hydrogen-bond acceptors (Lipinski definition) is 3. The van der Waals surface area contributed by atoms with Crippen molar-refractivity contribution in [1.29, 1.82) is 0 Å². The van der Waals surface area contributed by atoms with E-state index in [2.05, 4.69) is 24.2 Å². The van der Waals surface area contributed by atoms with Crippen LogP contribution in [0.25, 0.3) is 11.3 Å². The van der Waals surface area contributed by atoms with Gasteiger partial charge in [0.05, 0.1) is 12.8 Å². The highest BCUT2D eigenvalue weighted by molar-refractivity contribution is 5.70. The number of anilines is 1. The molecule has 0 atom stereocenters. The van der Waals surface area contributed by atoms with Gasteiger partial charge in [-0.2, -0.15) is 5.10 Å². The van der Waals surface area contributed by atoms with Crippen molar-refractivity contribution in [3.05, 3.63) is 29.8 Å². The van der Waals surface area contributed by atoms with Crippen molar-refractivity contribution in [1.82, 2.24) is 9.78 Å². The third-order valence-electron chi connectivity index (χ3n) is 2.85. The Hall–Kier alpha value is -1.97. The molecule has 4 nitrogen and oxygen atoms in total. The Morgan fingerprint density at radius 2 is 2.12 bits per heavy atom. The fraction of sp³-hybridized carbons (Fsp3) is 0.308. The normalized spacial score (nSPS) is 10.5. The summed E-state index contributed by atoms with van der Waals surface area (Å²) < 4.78 is 7.15. The first-order valence-electron chi connectivity index (χ1n) is 5.62. The molecule has 0 spiro atoms. The first-order chi connectivity index (χ1) is 8.15. The molecular formula is C13H17N3O. The molecule has 2 N–H and O–H groups in total. The topological polar surface area (TPSA) is 53.1 Å². The standard InChI is InChI=1S/C13H17N3O/c1-4-9-5-6-12(17-3)10(7-9)11-8-13(14)15-16(11)2/h5-8H,4H2,1-3H3,(H2,14,15). The number of nitrogen functional groups attached to an aromatic ring is 1. The molecule has 1 aromatic heterocycles. The second kappa shape index (κ2) is 4.49. The Kier molecular flexibility index (Phi) is 3.04. The molecule has 0 bridgehead atoms. The van der Waals surface area contributed by atoms with Gasteiger partial charge in [-0.3, -0.25) is 4.68 Å². The number of methoxy groups -OCH3 is 1. The summed E-state index contributed by atoms with van der Waals surface area (Å²) in [5.74, 6) is 1.36. The Morgan fingerprint density at radius 3 is 2.65 bits per heavy atom. The van der Waals surface area contributed by atoms with Crippen LogP contribution >= 0.6 is 0 Å². The molecule has 0 saturated heterocycles. The average molecular weight is 231 g/mol. The highest BCUT2D eigenvalue weighted by Gasteiger charge is 2.11. The summed E-state index contributed by atoms with van der Waals surface area (Å²) in [6, 6.07) is 8.03. The number of aryl methyl sites for hydroxylation is 2. The lowest BCUT2D eigenvalue weighted by molar-refractivity contribution is 0.416. The van der Waals surface area contributed by atoms with Gasteiger partial charge < -0.3 is 10.5 Å². The highest BCUT2D eigenvalue weighted by Crippen LogP contribution is 2.31. The molecule has 17 heavy (non-hydrogen) atoms. The molecule has 0 aliphatic carbocycles. The molecule has 0 aliphatic rings. The van der Waals surface area contributed by atoms with Gasteiger partial charge in [0.2, 0.25) is 0 Å². The molecule has 0 radical (unpaired) electrons. The van der Waals surface area contributed by atoms with Crippen molar-refractivity contribution in [2.24, 2.45) is 7.05 Å². The van der Waals surface area contributed by atoms with Gasteiger partial charge in [-0.05, 0) is 24.1 Å². The predicted molar refractivity (Wildman–Crippen MR) is 69.0 cm³/mol. The smallest absolute Gasteiger partial charge is 0.146 e. The lowest BCUT2D eigenvalue weighted by atomic mass is 10.1. The van der Waals surface area contributed by atoms with Gasteiger partial charge in [0.15, 0.2) is 0 Å². The summed E-state index contributed by atoms with van der Waals surface area (Å²) in [4.78, 5) is 0. The zero-order valence-electron chi connectivity index (χ0n) is 10.4. The van der Waals surface area contributed by atoms with E-state index < -0.39 is 0 Å². The zero-order chi connectivity index (χ0) is 12.4. The number of nitrogens with two attached hydrogens (primary N) is 1. The molecule has 90 valence electrons. The molecule has 0 saturated carbocycles. The van der Waals surface area contributed by atoms with Crippen LogP contribution in [0.3, 0.4) is 0 Å². The predicted octanol–water partition coefficient (Wildman–Crippen LogP) is 2.24. The summed E-state index contributed by atoms with van der Waals surface area (Å²) in [5.41, 5.74) is 8.96. The quantitative estimate of drug-likeness (QED) is 0.881. The van der Waals surface area contributed by atoms with Crippen molar-refractivity contribution in [2.45, 2.75) is 13.3 Å². The van der Waals surface area contributed by atoms with Crippen LogP contribution in [-0.2, 0) is 13.5 Å². The van der Waals surface area contributed by atoms with Crippen LogP contribution in [0.5, 0.6) is 5.75 Å². The van der Waals surface area contributed by atoms with Crippen LogP contribution in [0.1, 0.15) is 12.5 Å². The highest BCUT2D eigenvalue weighted by atomic mass is 16.5. The molecular weight excluding hydrogens is 214 g/mol. The average Bonchev–Trinajstić information content (AvgIpc) is 2.67. The summed E-state index contributed by atoms with van der Waals surface area (Å²) in [5, 5.41) is 4.16. The van der Waals surface area contributed by atoms with Gasteiger partial charge in [0, 0.05) is 18.7 Å². The van der Waals surface area contributed by atoms with E-state index in [1.54, 1.807) is 11.8 Å². The SMILES string of the molecule is CCc1ccc(OC)c(-c2cc(N)nn2C)c1. The number of hydrogen-bond donors (Lipinski definition) is 1. The second-order valence-corrected chi connectivity index (χ2v) is 3.97. The van der Waals surface area contributed by atoms with E-state index >= 15 is 0 Å². The minimum absolute atomic E-state index is 0.520. The summed E-state index contributed by atoms with van der Waals surface area (Å²) >= 11 is 0. The Balaban J connectivity index is 2.59. The Labute approximate surface area is 101 Å². The van der Waals surface area contributed by atoms with Gasteiger partial charge in [0.1, 0.15) is 11.6 Å². The molecule has 0 amide bonds. The van der Waals surface area contributed by atoms with Crippen LogP contribution in [0.15, 0.2) is 24.3 Å². The van der Waals surface area contributed by atoms with Crippen molar-refractivity contribution in [2.75, 3.05) is 12.8 Å². The van der Waals surface area contributed by atoms with Gasteiger partial charge in [-0.25, -0.2) is 0 Å². The Morgan fingerprint density at radius 1 is 1.35 bits per heavy atom. The van der Waals surface area contributed by atoms with E-state index in [4.69, 9.17) is 10.5 Å². The van der Waals surface area contributed by atoms with Crippen LogP contribution in [0.4, 0.5) is 5.82 Å². The van der Waals surface area contributed by atoms with Crippen LogP contribution in [-0.4, -0.2) is 16.9 Å². The zero-order valence-corrected chi connectivity index (χ0v) is 10.4. The van der Waals surface area contributed by atoms with E-state index in [9.17, 15) is 0 Å². The van der Waals surface area contributed by atoms with Gasteiger partial charge in [-0.15, -0.1) is 0 Å². The molecule has 1 heterocycles. The fourth-order valence-corrected chi connectivity index (χ4v) is 1.92. The number of rotatable bonds is 3. The van der Waals surface area contributed by atoms with Gasteiger partial charge in [0.25, 0.3) is 0 Å². The number of aromatic nitrogens is 2. The minimum atomic E-state index is 0.520. The summed E-state index contributed by atoms with van der Waals surface area (Å²) in [7, 11) is 3.55. The van der Waals surface area contributed by atoms with Gasteiger partial charge in [-0.1, -0.05) is 13.0 Å². The van der Waals surface area contributed by atoms with Crippen LogP contribution < -0.4 is 10.5 Å². The molecule has 0 fully saturated rings. The molecule has 2 rings (SSSR count). The van der Waals surface area contributed by atoms with E-state index in [-0.39, 0.29) is 0 Å². The van der Waals surface area contributed by atoms with E-state index in [1.807, 2.05) is 19.2 Å². The maximum Gasteiger partial charge on any atom is 0.146 e. The van der Waals surface area contributed by atoms with Crippen molar-refractivity contribution in [3.8, 4) is 17.0 Å². The lowest BCUT2D eigenvalue weighted by Gasteiger charge is -2.10. The largest absolute Gasteiger partial charge is 0.496 e. The summed E-state index contributed by atoms with van der Waals surface area (Å²) in [6.07, 6.45) is 0.990. The minimum Gasteiger partial charge on any atom is -0.496 e. The second-order valence-electron chi connectivity index (χ2n) is 3.97. The number of benzene rings is 1. The number of nitrogens with zero attached hydrogens (tertiary/aromatic N) is 2. The van der Waals surface area contributed by atoms with E-state index in [0.717, 1.165) is 23.4 Å². The van der Waals surface area contributed by atoms with Crippen molar-refractivity contribution >= 4 is 5.82 Å². The third kappa shape index (κ3) is 2.11. The molecule has 2 aromatic rings. The van der Waals surface area contributed by atoms with E-state index in [1.165, 1.54) is 5.56 Å². The Bertz CT molecular complexity index is 531. The maximum atomic E-state index is 5.71. The van der Waals surface area contributed by atoms with Crippen molar-refractivity contribution < 1.29 is 4.74 Å². The van der Waals surface area contributed by atoms with Crippen molar-refractivity contribution in [3.63, 3.8) is 0 Å². The number of ether oxygens (including phenoxy) is 1. The van der Waals surface area contributed by atoms with E-state index in [0.29, 0.717) is 5.82 Å². The fourth-order valence-electron chi connectivity index (χ4n) is 1.92. The summed E-state index contributed by atoms with van der Waals surface area (Å²) in [6.45, 7) is 2.13. The maximum absolute atomic E-state index is 5.71.